The van der Waals surface area contributed by atoms with E-state index in [1.807, 2.05) is 14.1 Å². The summed E-state index contributed by atoms with van der Waals surface area (Å²) in [4.78, 5) is 27.5. The summed E-state index contributed by atoms with van der Waals surface area (Å²) >= 11 is 0. The van der Waals surface area contributed by atoms with Crippen LogP contribution in [0.3, 0.4) is 0 Å². The van der Waals surface area contributed by atoms with Crippen molar-refractivity contribution in [3.63, 3.8) is 0 Å². The fourth-order valence-electron chi connectivity index (χ4n) is 3.48. The third kappa shape index (κ3) is 6.61. The van der Waals surface area contributed by atoms with Crippen molar-refractivity contribution in [2.75, 3.05) is 42.0 Å². The maximum Gasteiger partial charge on any atom is 0.252 e. The minimum Gasteiger partial charge on any atom is -0.493 e. The Morgan fingerprint density at radius 1 is 0.970 bits per heavy atom. The summed E-state index contributed by atoms with van der Waals surface area (Å²) in [6.45, 7) is 4.18. The summed E-state index contributed by atoms with van der Waals surface area (Å²) in [7, 11) is 8.39. The fraction of sp³-hybridized carbons (Fsp3) is 0.440. The van der Waals surface area contributed by atoms with Gasteiger partial charge in [-0.1, -0.05) is 31.2 Å². The molecule has 0 aliphatic rings. The summed E-state index contributed by atoms with van der Waals surface area (Å²) in [5, 5.41) is 5.67. The second-order valence-electron chi connectivity index (χ2n) is 7.93. The van der Waals surface area contributed by atoms with E-state index in [2.05, 4.69) is 46.7 Å². The van der Waals surface area contributed by atoms with Crippen LogP contribution in [0, 0.1) is 0 Å². The quantitative estimate of drug-likeness (QED) is 0.539. The molecule has 2 rings (SSSR count). The molecule has 0 aliphatic heterocycles. The molecule has 2 amide bonds. The Morgan fingerprint density at radius 2 is 1.55 bits per heavy atom. The van der Waals surface area contributed by atoms with Crippen LogP contribution >= 0.6 is 0 Å². The number of nitrogens with zero attached hydrogens (tertiary/aromatic N) is 1. The van der Waals surface area contributed by atoms with E-state index in [4.69, 9.17) is 14.2 Å². The monoisotopic (exact) mass is 457 g/mol. The van der Waals surface area contributed by atoms with Crippen molar-refractivity contribution in [1.29, 1.82) is 0 Å². The third-order valence-electron chi connectivity index (χ3n) is 5.53. The van der Waals surface area contributed by atoms with Crippen LogP contribution in [-0.2, 0) is 11.2 Å². The van der Waals surface area contributed by atoms with Gasteiger partial charge in [0.25, 0.3) is 5.91 Å². The van der Waals surface area contributed by atoms with Gasteiger partial charge >= 0.3 is 0 Å². The maximum absolute atomic E-state index is 12.8. The van der Waals surface area contributed by atoms with E-state index >= 15 is 0 Å². The van der Waals surface area contributed by atoms with E-state index in [1.165, 1.54) is 26.9 Å². The van der Waals surface area contributed by atoms with E-state index < -0.39 is 11.9 Å². The number of rotatable bonds is 11. The molecular weight excluding hydrogens is 422 g/mol. The van der Waals surface area contributed by atoms with Gasteiger partial charge in [-0.3, -0.25) is 9.59 Å². The molecule has 2 N–H and O–H groups in total. The molecule has 8 nitrogen and oxygen atoms in total. The molecule has 0 fully saturated rings. The number of carbonyl (C=O) groups excluding carboxylic acids is 2. The lowest BCUT2D eigenvalue weighted by Crippen LogP contribution is -2.46. The molecule has 0 bridgehead atoms. The van der Waals surface area contributed by atoms with Crippen molar-refractivity contribution < 1.29 is 23.8 Å². The molecule has 2 unspecified atom stereocenters. The molecule has 180 valence electrons. The van der Waals surface area contributed by atoms with E-state index in [0.717, 1.165) is 12.0 Å². The Morgan fingerprint density at radius 3 is 2.00 bits per heavy atom. The van der Waals surface area contributed by atoms with Gasteiger partial charge in [0, 0.05) is 12.1 Å². The lowest BCUT2D eigenvalue weighted by Gasteiger charge is -2.26. The number of methoxy groups -OCH3 is 3. The highest BCUT2D eigenvalue weighted by molar-refractivity contribution is 5.98. The van der Waals surface area contributed by atoms with Crippen molar-refractivity contribution in [1.82, 2.24) is 15.5 Å². The fourth-order valence-corrected chi connectivity index (χ4v) is 3.48. The number of likely N-dealkylation sites (N-methyl/N-ethyl adjacent to an activating group) is 1. The molecule has 0 radical (unpaired) electrons. The van der Waals surface area contributed by atoms with Crippen molar-refractivity contribution in [2.24, 2.45) is 0 Å². The molecule has 2 aromatic carbocycles. The van der Waals surface area contributed by atoms with Crippen molar-refractivity contribution in [3.8, 4) is 17.2 Å². The number of benzene rings is 2. The third-order valence-corrected chi connectivity index (χ3v) is 5.53. The van der Waals surface area contributed by atoms with Crippen molar-refractivity contribution >= 4 is 11.8 Å². The highest BCUT2D eigenvalue weighted by atomic mass is 16.5. The Balaban J connectivity index is 2.05. The van der Waals surface area contributed by atoms with Crippen molar-refractivity contribution in [3.05, 3.63) is 53.1 Å². The number of aryl methyl sites for hydroxylation is 1. The second kappa shape index (κ2) is 12.1. The minimum atomic E-state index is -0.734. The van der Waals surface area contributed by atoms with Crippen LogP contribution in [0.2, 0.25) is 0 Å². The first-order valence-corrected chi connectivity index (χ1v) is 10.9. The number of amides is 2. The summed E-state index contributed by atoms with van der Waals surface area (Å²) in [6, 6.07) is 10.8. The predicted molar refractivity (Wildman–Crippen MR) is 128 cm³/mol. The van der Waals surface area contributed by atoms with Gasteiger partial charge in [0.15, 0.2) is 11.5 Å². The van der Waals surface area contributed by atoms with E-state index in [0.29, 0.717) is 29.4 Å². The van der Waals surface area contributed by atoms with Crippen LogP contribution < -0.4 is 24.8 Å². The van der Waals surface area contributed by atoms with Gasteiger partial charge in [0.1, 0.15) is 6.04 Å². The topological polar surface area (TPSA) is 89.1 Å². The number of nitrogens with one attached hydrogen (secondary N) is 2. The Hall–Kier alpha value is -3.26. The zero-order valence-electron chi connectivity index (χ0n) is 20.5. The zero-order valence-corrected chi connectivity index (χ0v) is 20.5. The molecule has 2 aromatic rings. The van der Waals surface area contributed by atoms with Gasteiger partial charge < -0.3 is 29.7 Å². The molecule has 0 aliphatic carbocycles. The molecule has 8 heteroatoms. The predicted octanol–water partition coefficient (Wildman–Crippen LogP) is 2.81. The number of hydrogen-bond acceptors (Lipinski definition) is 6. The van der Waals surface area contributed by atoms with Gasteiger partial charge in [-0.25, -0.2) is 0 Å². The summed E-state index contributed by atoms with van der Waals surface area (Å²) in [5.74, 6) is 0.428. The standard InChI is InChI=1S/C25H35N3O5/c1-8-17-9-11-18(12-10-17)20(28(3)4)15-26-24(29)16(2)27-25(30)19-13-21(31-5)23(33-7)22(14-19)32-6/h9-14,16,20H,8,15H2,1-7H3,(H,26,29)(H,27,30). The summed E-state index contributed by atoms with van der Waals surface area (Å²) in [6.07, 6.45) is 0.979. The largest absolute Gasteiger partial charge is 0.493 e. The first-order valence-electron chi connectivity index (χ1n) is 10.9. The molecular formula is C25H35N3O5. The highest BCUT2D eigenvalue weighted by Crippen LogP contribution is 2.38. The lowest BCUT2D eigenvalue weighted by molar-refractivity contribution is -0.122. The van der Waals surface area contributed by atoms with Gasteiger partial charge in [0.2, 0.25) is 11.7 Å². The van der Waals surface area contributed by atoms with E-state index in [1.54, 1.807) is 19.1 Å². The molecule has 0 aromatic heterocycles. The highest BCUT2D eigenvalue weighted by Gasteiger charge is 2.22. The molecule has 0 spiro atoms. The normalized spacial score (nSPS) is 12.6. The average molecular weight is 458 g/mol. The first-order chi connectivity index (χ1) is 15.7. The van der Waals surface area contributed by atoms with Gasteiger partial charge in [-0.05, 0) is 50.7 Å². The Labute approximate surface area is 196 Å². The first kappa shape index (κ1) is 26.0. The second-order valence-corrected chi connectivity index (χ2v) is 7.93. The minimum absolute atomic E-state index is 0.0119. The van der Waals surface area contributed by atoms with E-state index in [9.17, 15) is 9.59 Å². The van der Waals surface area contributed by atoms with Gasteiger partial charge in [-0.15, -0.1) is 0 Å². The molecule has 33 heavy (non-hydrogen) atoms. The molecule has 0 saturated carbocycles. The average Bonchev–Trinajstić information content (AvgIpc) is 2.82. The smallest absolute Gasteiger partial charge is 0.252 e. The van der Waals surface area contributed by atoms with E-state index in [-0.39, 0.29) is 11.9 Å². The molecule has 0 saturated heterocycles. The number of hydrogen-bond donors (Lipinski definition) is 2. The SMILES string of the molecule is CCc1ccc(C(CNC(=O)C(C)NC(=O)c2cc(OC)c(OC)c(OC)c2)N(C)C)cc1. The van der Waals surface area contributed by atoms with Crippen molar-refractivity contribution in [2.45, 2.75) is 32.4 Å². The Bertz CT molecular complexity index is 919. The van der Waals surface area contributed by atoms with Crippen LogP contribution in [0.15, 0.2) is 36.4 Å². The Kier molecular flexibility index (Phi) is 9.54. The summed E-state index contributed by atoms with van der Waals surface area (Å²) in [5.41, 5.74) is 2.68. The van der Waals surface area contributed by atoms with Gasteiger partial charge in [-0.2, -0.15) is 0 Å². The maximum atomic E-state index is 12.8. The van der Waals surface area contributed by atoms with Crippen LogP contribution in [0.5, 0.6) is 17.2 Å². The number of ether oxygens (including phenoxy) is 3. The van der Waals surface area contributed by atoms with Crippen LogP contribution in [-0.4, -0.2) is 64.7 Å². The lowest BCUT2D eigenvalue weighted by atomic mass is 10.0. The zero-order chi connectivity index (χ0) is 24.5. The number of carbonyl (C=O) groups is 2. The van der Waals surface area contributed by atoms with Crippen LogP contribution in [0.1, 0.15) is 41.4 Å². The van der Waals surface area contributed by atoms with Crippen LogP contribution in [0.4, 0.5) is 0 Å². The van der Waals surface area contributed by atoms with Crippen LogP contribution in [0.25, 0.3) is 0 Å². The molecule has 0 heterocycles. The molecule has 2 atom stereocenters. The summed E-state index contributed by atoms with van der Waals surface area (Å²) < 4.78 is 15.9. The van der Waals surface area contributed by atoms with Gasteiger partial charge in [0.05, 0.1) is 27.4 Å².